The number of aromatic nitrogens is 2. The van der Waals surface area contributed by atoms with Crippen LogP contribution in [0, 0.1) is 6.92 Å². The molecule has 0 radical (unpaired) electrons. The van der Waals surface area contributed by atoms with Gasteiger partial charge in [0.1, 0.15) is 10.7 Å². The second kappa shape index (κ2) is 15.0. The molecule has 0 spiro atoms. The zero-order valence-electron chi connectivity index (χ0n) is 27.2. The molecule has 1 aliphatic carbocycles. The summed E-state index contributed by atoms with van der Waals surface area (Å²) in [6, 6.07) is 20.7. The number of benzene rings is 2. The van der Waals surface area contributed by atoms with E-state index < -0.39 is 5.97 Å². The van der Waals surface area contributed by atoms with Crippen LogP contribution in [0.1, 0.15) is 112 Å². The zero-order valence-corrected chi connectivity index (χ0v) is 28.0. The Balaban J connectivity index is 0.000000515. The number of hydrogen-bond donors (Lipinski definition) is 1. The van der Waals surface area contributed by atoms with Crippen LogP contribution < -0.4 is 0 Å². The molecule has 2 aromatic carbocycles. The number of carbonyl (C=O) groups excluding carboxylic acids is 1. The maximum absolute atomic E-state index is 12.4. The molecule has 1 saturated carbocycles. The monoisotopic (exact) mass is 622 g/mol. The van der Waals surface area contributed by atoms with Gasteiger partial charge in [-0.2, -0.15) is 0 Å². The molecule has 236 valence electrons. The number of nitrogens with zero attached hydrogens (tertiary/aromatic N) is 2. The standard InChI is InChI=1S/C32H30N2O3S.C7H16/c1-19-8-10-21(11-9-19)25-14-12-23-16-24(13-15-26(23)33-25)30-29(22-6-4-3-5-7-22)31-27(34(30)18-20(2)35)17-28(38-31)32(36)37;1-3-5-7-6-4-2/h8-17,22H,3-7,18H2,1-2H3,(H,36,37);3-7H2,1-2H3. The minimum absolute atomic E-state index is 0.0478. The van der Waals surface area contributed by atoms with Crippen LogP contribution in [0.15, 0.2) is 60.7 Å². The van der Waals surface area contributed by atoms with E-state index in [2.05, 4.69) is 79.9 Å². The van der Waals surface area contributed by atoms with Crippen LogP contribution in [0.3, 0.4) is 0 Å². The lowest BCUT2D eigenvalue weighted by Gasteiger charge is -2.23. The minimum Gasteiger partial charge on any atom is -0.477 e. The van der Waals surface area contributed by atoms with Gasteiger partial charge < -0.3 is 9.67 Å². The van der Waals surface area contributed by atoms with E-state index in [4.69, 9.17) is 4.98 Å². The number of carboxylic acids is 1. The molecule has 0 atom stereocenters. The molecule has 1 N–H and O–H groups in total. The highest BCUT2D eigenvalue weighted by molar-refractivity contribution is 7.21. The Morgan fingerprint density at radius 2 is 1.58 bits per heavy atom. The Labute approximate surface area is 271 Å². The third-order valence-electron chi connectivity index (χ3n) is 8.89. The third-order valence-corrected chi connectivity index (χ3v) is 10.0. The molecule has 3 heterocycles. The fourth-order valence-electron chi connectivity index (χ4n) is 6.56. The van der Waals surface area contributed by atoms with Crippen molar-refractivity contribution in [3.8, 4) is 22.5 Å². The molecule has 45 heavy (non-hydrogen) atoms. The van der Waals surface area contributed by atoms with E-state index in [1.165, 1.54) is 73.8 Å². The van der Waals surface area contributed by atoms with Gasteiger partial charge in [-0.1, -0.05) is 107 Å². The first kappa shape index (κ1) is 32.6. The van der Waals surface area contributed by atoms with Crippen molar-refractivity contribution in [2.45, 2.75) is 104 Å². The predicted octanol–water partition coefficient (Wildman–Crippen LogP) is 11.2. The lowest BCUT2D eigenvalue weighted by Crippen LogP contribution is -2.10. The van der Waals surface area contributed by atoms with Crippen molar-refractivity contribution in [1.82, 2.24) is 9.55 Å². The summed E-state index contributed by atoms with van der Waals surface area (Å²) in [5.41, 5.74) is 8.33. The molecule has 0 aliphatic heterocycles. The number of ketones is 1. The van der Waals surface area contributed by atoms with Crippen LogP contribution in [-0.4, -0.2) is 26.4 Å². The number of aryl methyl sites for hydroxylation is 1. The quantitative estimate of drug-likeness (QED) is 0.157. The molecule has 6 heteroatoms. The largest absolute Gasteiger partial charge is 0.477 e. The molecule has 0 unspecified atom stereocenters. The zero-order chi connectivity index (χ0) is 31.9. The predicted molar refractivity (Wildman–Crippen MR) is 189 cm³/mol. The van der Waals surface area contributed by atoms with Gasteiger partial charge in [-0.3, -0.25) is 4.79 Å². The average Bonchev–Trinajstić information content (AvgIpc) is 3.60. The van der Waals surface area contributed by atoms with E-state index in [0.717, 1.165) is 56.5 Å². The van der Waals surface area contributed by atoms with E-state index in [0.29, 0.717) is 10.8 Å². The molecule has 1 fully saturated rings. The lowest BCUT2D eigenvalue weighted by atomic mass is 9.83. The van der Waals surface area contributed by atoms with Gasteiger partial charge >= 0.3 is 5.97 Å². The van der Waals surface area contributed by atoms with E-state index in [-0.39, 0.29) is 12.3 Å². The molecule has 1 aliphatic rings. The number of fused-ring (bicyclic) bond motifs is 2. The van der Waals surface area contributed by atoms with Gasteiger partial charge in [0, 0.05) is 10.9 Å². The summed E-state index contributed by atoms with van der Waals surface area (Å²) in [7, 11) is 0. The number of Topliss-reactive ketones (excluding diaryl/α,β-unsaturated/α-hetero) is 1. The summed E-state index contributed by atoms with van der Waals surface area (Å²) in [6.07, 6.45) is 12.8. The maximum Gasteiger partial charge on any atom is 0.345 e. The van der Waals surface area contributed by atoms with Gasteiger partial charge in [0.25, 0.3) is 0 Å². The van der Waals surface area contributed by atoms with Gasteiger partial charge in [-0.05, 0) is 68.0 Å². The molecule has 0 bridgehead atoms. The second-order valence-electron chi connectivity index (χ2n) is 12.5. The molecule has 6 rings (SSSR count). The van der Waals surface area contributed by atoms with Crippen molar-refractivity contribution in [3.63, 3.8) is 0 Å². The van der Waals surface area contributed by atoms with E-state index in [1.54, 1.807) is 13.0 Å². The van der Waals surface area contributed by atoms with Gasteiger partial charge in [-0.15, -0.1) is 11.3 Å². The number of carboxylic acid groups (broad SMARTS) is 1. The SMILES string of the molecule is CC(=O)Cn1c(-c2ccc3nc(-c4ccc(C)cc4)ccc3c2)c(C2CCCCC2)c2sc(C(=O)O)cc21.CCCCCCC. The molecule has 0 amide bonds. The van der Waals surface area contributed by atoms with E-state index >= 15 is 0 Å². The number of pyridine rings is 1. The van der Waals surface area contributed by atoms with Crippen molar-refractivity contribution < 1.29 is 14.7 Å². The van der Waals surface area contributed by atoms with Gasteiger partial charge in [0.15, 0.2) is 0 Å². The highest BCUT2D eigenvalue weighted by Gasteiger charge is 2.29. The van der Waals surface area contributed by atoms with Crippen LogP contribution in [0.25, 0.3) is 43.6 Å². The molecule has 5 nitrogen and oxygen atoms in total. The summed E-state index contributed by atoms with van der Waals surface area (Å²) in [5.74, 6) is -0.517. The van der Waals surface area contributed by atoms with Gasteiger partial charge in [-0.25, -0.2) is 9.78 Å². The van der Waals surface area contributed by atoms with Crippen molar-refractivity contribution in [2.24, 2.45) is 0 Å². The van der Waals surface area contributed by atoms with Crippen LogP contribution in [-0.2, 0) is 11.3 Å². The number of thiophene rings is 1. The Hall–Kier alpha value is -3.77. The molecule has 5 aromatic rings. The molecule has 3 aromatic heterocycles. The highest BCUT2D eigenvalue weighted by atomic mass is 32.1. The first-order chi connectivity index (χ1) is 21.8. The Bertz CT molecular complexity index is 1770. The normalized spacial score (nSPS) is 13.6. The van der Waals surface area contributed by atoms with Crippen LogP contribution >= 0.6 is 11.3 Å². The number of rotatable bonds is 10. The Morgan fingerprint density at radius 1 is 0.889 bits per heavy atom. The summed E-state index contributed by atoms with van der Waals surface area (Å²) >= 11 is 1.34. The van der Waals surface area contributed by atoms with Crippen molar-refractivity contribution >= 4 is 44.2 Å². The van der Waals surface area contributed by atoms with Gasteiger partial charge in [0.2, 0.25) is 0 Å². The third kappa shape index (κ3) is 7.55. The first-order valence-corrected chi connectivity index (χ1v) is 17.5. The Morgan fingerprint density at radius 3 is 2.22 bits per heavy atom. The highest BCUT2D eigenvalue weighted by Crippen LogP contribution is 2.47. The minimum atomic E-state index is -0.919. The van der Waals surface area contributed by atoms with Crippen LogP contribution in [0.5, 0.6) is 0 Å². The number of unbranched alkanes of at least 4 members (excludes halogenated alkanes) is 4. The van der Waals surface area contributed by atoms with Crippen LogP contribution in [0.4, 0.5) is 0 Å². The molecular formula is C39H46N2O3S. The second-order valence-corrected chi connectivity index (χ2v) is 13.6. The average molecular weight is 623 g/mol. The number of carbonyl (C=O) groups is 2. The summed E-state index contributed by atoms with van der Waals surface area (Å²) in [6.45, 7) is 8.38. The van der Waals surface area contributed by atoms with E-state index in [1.807, 2.05) is 0 Å². The number of aromatic carboxylic acids is 1. The topological polar surface area (TPSA) is 72.2 Å². The number of hydrogen-bond acceptors (Lipinski definition) is 4. The lowest BCUT2D eigenvalue weighted by molar-refractivity contribution is -0.117. The van der Waals surface area contributed by atoms with Crippen molar-refractivity contribution in [2.75, 3.05) is 0 Å². The van der Waals surface area contributed by atoms with E-state index in [9.17, 15) is 14.7 Å². The van der Waals surface area contributed by atoms with Gasteiger partial charge in [0.05, 0.1) is 33.7 Å². The summed E-state index contributed by atoms with van der Waals surface area (Å²) < 4.78 is 3.07. The van der Waals surface area contributed by atoms with Crippen molar-refractivity contribution in [3.05, 3.63) is 76.7 Å². The molecular weight excluding hydrogens is 577 g/mol. The van der Waals surface area contributed by atoms with Crippen molar-refractivity contribution in [1.29, 1.82) is 0 Å². The Kier molecular flexibility index (Phi) is 10.9. The molecule has 0 saturated heterocycles. The first-order valence-electron chi connectivity index (χ1n) is 16.7. The summed E-state index contributed by atoms with van der Waals surface area (Å²) in [5, 5.41) is 10.8. The fourth-order valence-corrected chi connectivity index (χ4v) is 7.68. The maximum atomic E-state index is 12.4. The fraction of sp³-hybridized carbons (Fsp3) is 0.410. The summed E-state index contributed by atoms with van der Waals surface area (Å²) in [4.78, 5) is 29.5. The smallest absolute Gasteiger partial charge is 0.345 e. The van der Waals surface area contributed by atoms with Crippen LogP contribution in [0.2, 0.25) is 0 Å².